The smallest absolute Gasteiger partial charge is 0.272 e. The van der Waals surface area contributed by atoms with E-state index in [0.717, 1.165) is 17.3 Å². The molecule has 0 radical (unpaired) electrons. The maximum Gasteiger partial charge on any atom is 0.272 e. The molecule has 0 saturated heterocycles. The van der Waals surface area contributed by atoms with Crippen molar-refractivity contribution in [3.05, 3.63) is 94.8 Å². The summed E-state index contributed by atoms with van der Waals surface area (Å²) >= 11 is 5.80. The number of carbonyl (C=O) groups excluding carboxylic acids is 1. The first-order chi connectivity index (χ1) is 16.8. The van der Waals surface area contributed by atoms with Gasteiger partial charge >= 0.3 is 0 Å². The summed E-state index contributed by atoms with van der Waals surface area (Å²) in [4.78, 5) is 12.9. The lowest BCUT2D eigenvalue weighted by atomic mass is 9.68. The van der Waals surface area contributed by atoms with E-state index in [1.165, 1.54) is 11.1 Å². The third kappa shape index (κ3) is 5.77. The summed E-state index contributed by atoms with van der Waals surface area (Å²) in [6.07, 6.45) is 4.95. The second-order valence-electron chi connectivity index (χ2n) is 10.2. The van der Waals surface area contributed by atoms with Gasteiger partial charge in [0.15, 0.2) is 5.69 Å². The summed E-state index contributed by atoms with van der Waals surface area (Å²) in [7, 11) is -1.21. The largest absolute Gasteiger partial charge is 0.360 e. The fourth-order valence-electron chi connectivity index (χ4n) is 4.50. The van der Waals surface area contributed by atoms with Gasteiger partial charge in [0.1, 0.15) is 6.73 Å². The van der Waals surface area contributed by atoms with Gasteiger partial charge in [-0.3, -0.25) is 4.79 Å². The lowest BCUT2D eigenvalue weighted by molar-refractivity contribution is 0.0753. The monoisotopic (exact) mass is 507 g/mol. The Balaban J connectivity index is 1.74. The number of hydrogen-bond acceptors (Lipinski definition) is 3. The molecule has 1 aromatic heterocycles. The molecule has 3 aromatic rings. The van der Waals surface area contributed by atoms with Crippen molar-refractivity contribution in [1.29, 1.82) is 0 Å². The van der Waals surface area contributed by atoms with Gasteiger partial charge in [-0.25, -0.2) is 4.68 Å². The van der Waals surface area contributed by atoms with Gasteiger partial charge in [0.05, 0.1) is 5.69 Å². The van der Waals surface area contributed by atoms with Crippen LogP contribution in [0.15, 0.2) is 66.7 Å². The Bertz CT molecular complexity index is 1130. The minimum Gasteiger partial charge on any atom is -0.360 e. The number of hydrogen-bond donors (Lipinski definition) is 1. The molecule has 1 amide bonds. The number of rotatable bonds is 10. The molecule has 1 heterocycles. The highest BCUT2D eigenvalue weighted by Crippen LogP contribution is 2.42. The van der Waals surface area contributed by atoms with E-state index in [0.29, 0.717) is 37.9 Å². The maximum atomic E-state index is 12.9. The molecule has 2 aromatic carbocycles. The molecular weight excluding hydrogens is 474 g/mol. The van der Waals surface area contributed by atoms with Gasteiger partial charge in [-0.2, -0.15) is 5.10 Å². The van der Waals surface area contributed by atoms with Crippen LogP contribution in [0.3, 0.4) is 0 Å². The summed E-state index contributed by atoms with van der Waals surface area (Å²) in [5.74, 6) is 0.148. The molecule has 0 aliphatic heterocycles. The average Bonchev–Trinajstić information content (AvgIpc) is 3.23. The molecule has 0 saturated carbocycles. The minimum absolute atomic E-state index is 0.209. The van der Waals surface area contributed by atoms with E-state index in [1.807, 2.05) is 16.8 Å². The van der Waals surface area contributed by atoms with Crippen molar-refractivity contribution in [3.63, 3.8) is 0 Å². The van der Waals surface area contributed by atoms with Crippen LogP contribution in [-0.4, -0.2) is 42.8 Å². The van der Waals surface area contributed by atoms with Crippen LogP contribution in [0.2, 0.25) is 25.7 Å². The van der Waals surface area contributed by atoms with E-state index in [-0.39, 0.29) is 11.3 Å². The Morgan fingerprint density at radius 2 is 1.71 bits per heavy atom. The quantitative estimate of drug-likeness (QED) is 0.217. The molecule has 0 unspecified atom stereocenters. The highest BCUT2D eigenvalue weighted by Gasteiger charge is 2.38. The van der Waals surface area contributed by atoms with Crippen molar-refractivity contribution in [2.45, 2.75) is 44.3 Å². The van der Waals surface area contributed by atoms with E-state index >= 15 is 0 Å². The molecule has 1 aliphatic carbocycles. The van der Waals surface area contributed by atoms with E-state index < -0.39 is 8.07 Å². The predicted molar refractivity (Wildman–Crippen MR) is 146 cm³/mol. The topological polar surface area (TPSA) is 56.2 Å². The second-order valence-corrected chi connectivity index (χ2v) is 16.2. The van der Waals surface area contributed by atoms with Gasteiger partial charge in [0, 0.05) is 44.5 Å². The number of ether oxygens (including phenoxy) is 1. The lowest BCUT2D eigenvalue weighted by Crippen LogP contribution is -2.32. The van der Waals surface area contributed by atoms with Gasteiger partial charge in [0.25, 0.3) is 5.91 Å². The molecule has 7 heteroatoms. The number of amides is 1. The first-order valence-corrected chi connectivity index (χ1v) is 16.4. The Hall–Kier alpha value is -2.67. The van der Waals surface area contributed by atoms with Crippen LogP contribution < -0.4 is 5.32 Å². The third-order valence-electron chi connectivity index (χ3n) is 6.46. The molecule has 1 N–H and O–H groups in total. The first kappa shape index (κ1) is 25.4. The Morgan fingerprint density at radius 3 is 2.29 bits per heavy atom. The van der Waals surface area contributed by atoms with Crippen LogP contribution in [0, 0.1) is 0 Å². The number of benzene rings is 2. The highest BCUT2D eigenvalue weighted by atomic mass is 35.5. The lowest BCUT2D eigenvalue weighted by Gasteiger charge is -2.35. The Labute approximate surface area is 214 Å². The molecule has 35 heavy (non-hydrogen) atoms. The number of carbonyl (C=O) groups is 1. The fourth-order valence-corrected chi connectivity index (χ4v) is 5.35. The van der Waals surface area contributed by atoms with Gasteiger partial charge in [0.2, 0.25) is 0 Å². The number of nitrogens with one attached hydrogen (secondary N) is 1. The molecule has 4 rings (SSSR count). The molecule has 0 fully saturated rings. The van der Waals surface area contributed by atoms with Gasteiger partial charge in [-0.1, -0.05) is 92.5 Å². The van der Waals surface area contributed by atoms with Crippen LogP contribution in [0.25, 0.3) is 6.08 Å². The predicted octanol–water partition coefficient (Wildman–Crippen LogP) is 5.72. The van der Waals surface area contributed by atoms with Crippen molar-refractivity contribution in [1.82, 2.24) is 15.1 Å². The van der Waals surface area contributed by atoms with E-state index in [1.54, 1.807) is 0 Å². The van der Waals surface area contributed by atoms with E-state index in [9.17, 15) is 4.79 Å². The van der Waals surface area contributed by atoms with Crippen molar-refractivity contribution < 1.29 is 9.53 Å². The molecule has 1 aliphatic rings. The minimum atomic E-state index is -1.21. The van der Waals surface area contributed by atoms with Crippen molar-refractivity contribution in [2.24, 2.45) is 0 Å². The number of halogens is 1. The Kier molecular flexibility index (Phi) is 7.94. The van der Waals surface area contributed by atoms with E-state index in [2.05, 4.69) is 85.6 Å². The zero-order valence-corrected chi connectivity index (χ0v) is 22.5. The summed E-state index contributed by atoms with van der Waals surface area (Å²) < 4.78 is 7.95. The average molecular weight is 508 g/mol. The zero-order chi connectivity index (χ0) is 24.9. The molecular formula is C28H34ClN3O2Si. The zero-order valence-electron chi connectivity index (χ0n) is 20.8. The van der Waals surface area contributed by atoms with Gasteiger partial charge in [-0.05, 0) is 17.2 Å². The number of fused-ring (bicyclic) bond motifs is 1. The highest BCUT2D eigenvalue weighted by molar-refractivity contribution is 6.76. The van der Waals surface area contributed by atoms with Crippen LogP contribution in [0.1, 0.15) is 32.9 Å². The van der Waals surface area contributed by atoms with Gasteiger partial charge in [-0.15, -0.1) is 11.6 Å². The maximum absolute atomic E-state index is 12.9. The summed E-state index contributed by atoms with van der Waals surface area (Å²) in [5, 5.41) is 7.60. The number of aromatic nitrogens is 2. The standard InChI is InChI=1S/C28H34ClN3O2Si/c1-35(2,3)19-18-34-21-32-25-20-28(22-10-6-4-7-11-22,23-12-8-5-9-13-23)15-14-24(25)26(31-32)27(33)30-17-16-29/h4-15H,16-21H2,1-3H3,(H,30,33). The summed E-state index contributed by atoms with van der Waals surface area (Å²) in [5.41, 5.74) is 4.32. The summed E-state index contributed by atoms with van der Waals surface area (Å²) in [6, 6.07) is 22.1. The normalized spacial score (nSPS) is 14.5. The number of alkyl halides is 1. The SMILES string of the molecule is C[Si](C)(C)CCOCn1nc(C(=O)NCCCl)c2c1CC(c1ccccc1)(c1ccccc1)C=C2. The van der Waals surface area contributed by atoms with Crippen molar-refractivity contribution >= 4 is 31.7 Å². The molecule has 184 valence electrons. The van der Waals surface area contributed by atoms with Gasteiger partial charge < -0.3 is 10.1 Å². The molecule has 0 spiro atoms. The number of allylic oxidation sites excluding steroid dienone is 1. The van der Waals surface area contributed by atoms with Crippen LogP contribution in [0.5, 0.6) is 0 Å². The van der Waals surface area contributed by atoms with Crippen LogP contribution in [-0.2, 0) is 23.3 Å². The number of nitrogens with zero attached hydrogens (tertiary/aromatic N) is 2. The van der Waals surface area contributed by atoms with Crippen LogP contribution >= 0.6 is 11.6 Å². The fraction of sp³-hybridized carbons (Fsp3) is 0.357. The molecule has 0 bridgehead atoms. The second kappa shape index (κ2) is 10.9. The summed E-state index contributed by atoms with van der Waals surface area (Å²) in [6.45, 7) is 8.43. The Morgan fingerprint density at radius 1 is 1.09 bits per heavy atom. The molecule has 0 atom stereocenters. The van der Waals surface area contributed by atoms with E-state index in [4.69, 9.17) is 21.4 Å². The third-order valence-corrected chi connectivity index (χ3v) is 8.36. The van der Waals surface area contributed by atoms with Crippen molar-refractivity contribution in [2.75, 3.05) is 19.0 Å². The first-order valence-electron chi connectivity index (χ1n) is 12.2. The van der Waals surface area contributed by atoms with Crippen molar-refractivity contribution in [3.8, 4) is 0 Å². The molecule has 5 nitrogen and oxygen atoms in total. The van der Waals surface area contributed by atoms with Crippen LogP contribution in [0.4, 0.5) is 0 Å².